The Morgan fingerprint density at radius 2 is 1.79 bits per heavy atom. The van der Waals surface area contributed by atoms with Crippen LogP contribution >= 0.6 is 22.9 Å². The number of benzene rings is 2. The number of hydrogen-bond donors (Lipinski definition) is 2. The standard InChI is InChI=1S/C23H21ClN2O2S/c1-15-5-8-18(12-16(15)2)22(27)26-21(13-20-4-3-11-29-20)23(28)25-14-17-6-9-19(24)10-7-17/h3-13H,14H2,1-2H3,(H,25,28)(H,26,27). The van der Waals surface area contributed by atoms with E-state index >= 15 is 0 Å². The van der Waals surface area contributed by atoms with Crippen molar-refractivity contribution < 1.29 is 9.59 Å². The first-order valence-corrected chi connectivity index (χ1v) is 10.3. The zero-order valence-electron chi connectivity index (χ0n) is 16.2. The molecule has 0 radical (unpaired) electrons. The molecule has 0 unspecified atom stereocenters. The average Bonchev–Trinajstić information content (AvgIpc) is 3.22. The summed E-state index contributed by atoms with van der Waals surface area (Å²) < 4.78 is 0. The molecule has 2 N–H and O–H groups in total. The van der Waals surface area contributed by atoms with Gasteiger partial charge in [0.25, 0.3) is 11.8 Å². The highest BCUT2D eigenvalue weighted by Crippen LogP contribution is 2.15. The zero-order chi connectivity index (χ0) is 20.8. The number of carbonyl (C=O) groups is 2. The molecule has 0 fully saturated rings. The van der Waals surface area contributed by atoms with Crippen molar-refractivity contribution in [3.05, 3.63) is 97.8 Å². The van der Waals surface area contributed by atoms with Crippen molar-refractivity contribution in [2.24, 2.45) is 0 Å². The molecular formula is C23H21ClN2O2S. The van der Waals surface area contributed by atoms with Crippen LogP contribution in [0.2, 0.25) is 5.02 Å². The van der Waals surface area contributed by atoms with Crippen LogP contribution in [0.15, 0.2) is 65.7 Å². The van der Waals surface area contributed by atoms with E-state index < -0.39 is 0 Å². The second-order valence-corrected chi connectivity index (χ2v) is 8.05. The van der Waals surface area contributed by atoms with Gasteiger partial charge in [0.1, 0.15) is 5.70 Å². The number of aryl methyl sites for hydroxylation is 2. The Kier molecular flexibility index (Phi) is 6.86. The van der Waals surface area contributed by atoms with E-state index in [2.05, 4.69) is 10.6 Å². The van der Waals surface area contributed by atoms with Gasteiger partial charge in [-0.2, -0.15) is 0 Å². The van der Waals surface area contributed by atoms with Gasteiger partial charge in [0, 0.05) is 22.0 Å². The third-order valence-corrected chi connectivity index (χ3v) is 5.53. The van der Waals surface area contributed by atoms with Crippen LogP contribution in [-0.2, 0) is 11.3 Å². The molecule has 0 atom stereocenters. The highest BCUT2D eigenvalue weighted by molar-refractivity contribution is 7.10. The lowest BCUT2D eigenvalue weighted by Gasteiger charge is -2.12. The maximum Gasteiger partial charge on any atom is 0.268 e. The summed E-state index contributed by atoms with van der Waals surface area (Å²) in [6.07, 6.45) is 1.68. The fourth-order valence-corrected chi connectivity index (χ4v) is 3.41. The maximum atomic E-state index is 12.8. The third-order valence-electron chi connectivity index (χ3n) is 4.46. The molecule has 0 aliphatic heterocycles. The molecule has 0 aliphatic carbocycles. The first-order valence-electron chi connectivity index (χ1n) is 9.09. The largest absolute Gasteiger partial charge is 0.347 e. The molecule has 2 amide bonds. The fraction of sp³-hybridized carbons (Fsp3) is 0.130. The van der Waals surface area contributed by atoms with Crippen LogP contribution in [0.3, 0.4) is 0 Å². The van der Waals surface area contributed by atoms with Gasteiger partial charge >= 0.3 is 0 Å². The Balaban J connectivity index is 1.76. The molecule has 1 heterocycles. The van der Waals surface area contributed by atoms with Gasteiger partial charge in [-0.15, -0.1) is 11.3 Å². The quantitative estimate of drug-likeness (QED) is 0.540. The van der Waals surface area contributed by atoms with Crippen molar-refractivity contribution in [1.82, 2.24) is 10.6 Å². The Labute approximate surface area is 179 Å². The summed E-state index contributed by atoms with van der Waals surface area (Å²) in [5.41, 5.74) is 3.75. The number of thiophene rings is 1. The molecule has 2 aromatic carbocycles. The number of halogens is 1. The van der Waals surface area contributed by atoms with E-state index in [9.17, 15) is 9.59 Å². The Morgan fingerprint density at radius 3 is 2.45 bits per heavy atom. The van der Waals surface area contributed by atoms with E-state index in [1.54, 1.807) is 24.3 Å². The number of carbonyl (C=O) groups excluding carboxylic acids is 2. The summed E-state index contributed by atoms with van der Waals surface area (Å²) in [6.45, 7) is 4.27. The molecule has 4 nitrogen and oxygen atoms in total. The molecule has 0 bridgehead atoms. The van der Waals surface area contributed by atoms with Crippen LogP contribution in [0.4, 0.5) is 0 Å². The Hall–Kier alpha value is -2.89. The lowest BCUT2D eigenvalue weighted by Crippen LogP contribution is -2.34. The molecule has 0 aliphatic rings. The van der Waals surface area contributed by atoms with Crippen LogP contribution in [-0.4, -0.2) is 11.8 Å². The number of hydrogen-bond acceptors (Lipinski definition) is 3. The van der Waals surface area contributed by atoms with Crippen LogP contribution in [0.25, 0.3) is 6.08 Å². The van der Waals surface area contributed by atoms with Crippen molar-refractivity contribution in [1.29, 1.82) is 0 Å². The van der Waals surface area contributed by atoms with Crippen molar-refractivity contribution in [3.63, 3.8) is 0 Å². The van der Waals surface area contributed by atoms with Crippen molar-refractivity contribution >= 4 is 40.8 Å². The van der Waals surface area contributed by atoms with Gasteiger partial charge in [-0.3, -0.25) is 9.59 Å². The maximum absolute atomic E-state index is 12.8. The SMILES string of the molecule is Cc1ccc(C(=O)NC(=Cc2cccs2)C(=O)NCc2ccc(Cl)cc2)cc1C. The van der Waals surface area contributed by atoms with Gasteiger partial charge in [-0.05, 0) is 72.3 Å². The summed E-state index contributed by atoms with van der Waals surface area (Å²) >= 11 is 7.39. The van der Waals surface area contributed by atoms with Gasteiger partial charge in [0.15, 0.2) is 0 Å². The van der Waals surface area contributed by atoms with E-state index in [1.807, 2.05) is 55.6 Å². The minimum absolute atomic E-state index is 0.199. The molecule has 6 heteroatoms. The summed E-state index contributed by atoms with van der Waals surface area (Å²) in [5, 5.41) is 8.16. The third kappa shape index (κ3) is 5.79. The normalized spacial score (nSPS) is 11.2. The molecule has 1 aromatic heterocycles. The van der Waals surface area contributed by atoms with Crippen molar-refractivity contribution in [2.45, 2.75) is 20.4 Å². The number of rotatable bonds is 6. The summed E-state index contributed by atoms with van der Waals surface area (Å²) in [7, 11) is 0. The highest BCUT2D eigenvalue weighted by Gasteiger charge is 2.15. The van der Waals surface area contributed by atoms with Gasteiger partial charge in [-0.1, -0.05) is 35.9 Å². The first-order chi connectivity index (χ1) is 13.9. The molecule has 3 rings (SSSR count). The van der Waals surface area contributed by atoms with E-state index in [1.165, 1.54) is 11.3 Å². The number of amides is 2. The summed E-state index contributed by atoms with van der Waals surface area (Å²) in [6, 6.07) is 16.5. The van der Waals surface area contributed by atoms with Crippen LogP contribution in [0.1, 0.15) is 31.9 Å². The van der Waals surface area contributed by atoms with E-state index in [0.717, 1.165) is 21.6 Å². The van der Waals surface area contributed by atoms with Crippen LogP contribution in [0, 0.1) is 13.8 Å². The molecule has 0 saturated heterocycles. The topological polar surface area (TPSA) is 58.2 Å². The first kappa shape index (κ1) is 20.8. The van der Waals surface area contributed by atoms with Gasteiger partial charge in [0.2, 0.25) is 0 Å². The summed E-state index contributed by atoms with van der Waals surface area (Å²) in [5.74, 6) is -0.678. The van der Waals surface area contributed by atoms with Gasteiger partial charge in [0.05, 0.1) is 0 Å². The van der Waals surface area contributed by atoms with Crippen LogP contribution < -0.4 is 10.6 Å². The van der Waals surface area contributed by atoms with Gasteiger partial charge < -0.3 is 10.6 Å². The monoisotopic (exact) mass is 424 g/mol. The molecule has 29 heavy (non-hydrogen) atoms. The van der Waals surface area contributed by atoms with E-state index in [4.69, 9.17) is 11.6 Å². The minimum atomic E-state index is -0.356. The molecular weight excluding hydrogens is 404 g/mol. The fourth-order valence-electron chi connectivity index (χ4n) is 2.63. The lowest BCUT2D eigenvalue weighted by molar-refractivity contribution is -0.117. The predicted octanol–water partition coefficient (Wildman–Crippen LogP) is 5.11. The van der Waals surface area contributed by atoms with E-state index in [0.29, 0.717) is 17.1 Å². The Bertz CT molecular complexity index is 1040. The molecule has 0 spiro atoms. The number of nitrogens with one attached hydrogen (secondary N) is 2. The molecule has 3 aromatic rings. The second-order valence-electron chi connectivity index (χ2n) is 6.64. The average molecular weight is 425 g/mol. The molecule has 148 valence electrons. The summed E-state index contributed by atoms with van der Waals surface area (Å²) in [4.78, 5) is 26.4. The van der Waals surface area contributed by atoms with Crippen molar-refractivity contribution in [3.8, 4) is 0 Å². The Morgan fingerprint density at radius 1 is 1.03 bits per heavy atom. The minimum Gasteiger partial charge on any atom is -0.347 e. The zero-order valence-corrected chi connectivity index (χ0v) is 17.7. The highest BCUT2D eigenvalue weighted by atomic mass is 35.5. The van der Waals surface area contributed by atoms with Crippen LogP contribution in [0.5, 0.6) is 0 Å². The van der Waals surface area contributed by atoms with Crippen molar-refractivity contribution in [2.75, 3.05) is 0 Å². The van der Waals surface area contributed by atoms with E-state index in [-0.39, 0.29) is 17.5 Å². The molecule has 0 saturated carbocycles. The second kappa shape index (κ2) is 9.54. The predicted molar refractivity (Wildman–Crippen MR) is 119 cm³/mol. The smallest absolute Gasteiger partial charge is 0.268 e. The lowest BCUT2D eigenvalue weighted by atomic mass is 10.1. The van der Waals surface area contributed by atoms with Gasteiger partial charge in [-0.25, -0.2) is 0 Å².